The molecule has 2 aromatic heterocycles. The Morgan fingerprint density at radius 1 is 1.02 bits per heavy atom. The molecule has 3 saturated heterocycles. The van der Waals surface area contributed by atoms with Crippen LogP contribution in [0.3, 0.4) is 0 Å². The molecule has 0 aliphatic carbocycles. The van der Waals surface area contributed by atoms with Gasteiger partial charge in [0.15, 0.2) is 0 Å². The second-order valence-electron chi connectivity index (χ2n) is 13.3. The highest BCUT2D eigenvalue weighted by atomic mass is 32.2. The van der Waals surface area contributed by atoms with Crippen LogP contribution in [0, 0.1) is 11.8 Å². The van der Waals surface area contributed by atoms with E-state index >= 15 is 0 Å². The van der Waals surface area contributed by atoms with E-state index in [4.69, 9.17) is 20.3 Å². The van der Waals surface area contributed by atoms with Crippen molar-refractivity contribution in [1.82, 2.24) is 35.8 Å². The average molecular weight is 883 g/mol. The van der Waals surface area contributed by atoms with Gasteiger partial charge in [-0.2, -0.15) is 20.4 Å². The summed E-state index contributed by atoms with van der Waals surface area (Å²) in [7, 11) is -16.8. The largest absolute Gasteiger partial charge is 0.490 e. The van der Waals surface area contributed by atoms with Crippen molar-refractivity contribution in [2.45, 2.75) is 93.6 Å². The van der Waals surface area contributed by atoms with Crippen molar-refractivity contribution < 1.29 is 70.6 Å². The molecule has 3 fully saturated rings. The van der Waals surface area contributed by atoms with Crippen molar-refractivity contribution in [3.05, 3.63) is 18.1 Å². The Morgan fingerprint density at radius 3 is 2.51 bits per heavy atom. The van der Waals surface area contributed by atoms with Crippen LogP contribution in [0.25, 0.3) is 11.0 Å². The van der Waals surface area contributed by atoms with E-state index in [0.29, 0.717) is 35.6 Å². The van der Waals surface area contributed by atoms with Gasteiger partial charge in [-0.15, -0.1) is 0 Å². The van der Waals surface area contributed by atoms with Crippen LogP contribution in [-0.2, 0) is 41.2 Å². The third-order valence-electron chi connectivity index (χ3n) is 9.05. The Morgan fingerprint density at radius 2 is 1.75 bits per heavy atom. The topological polar surface area (TPSA) is 345 Å². The molecule has 0 radical (unpaired) electrons. The first-order valence-electron chi connectivity index (χ1n) is 17.8. The van der Waals surface area contributed by atoms with E-state index in [2.05, 4.69) is 56.2 Å². The molecule has 8 atom stereocenters. The molecule has 316 valence electrons. The van der Waals surface area contributed by atoms with Crippen molar-refractivity contribution in [1.29, 1.82) is 0 Å². The Hall–Kier alpha value is -3.13. The van der Waals surface area contributed by atoms with E-state index in [1.807, 2.05) is 11.8 Å². The number of fused-ring (bicyclic) bond motifs is 2. The van der Waals surface area contributed by atoms with Gasteiger partial charge < -0.3 is 61.0 Å². The van der Waals surface area contributed by atoms with Crippen LogP contribution in [0.5, 0.6) is 0 Å². The maximum Gasteiger partial charge on any atom is 0.490 e. The number of rotatable bonds is 20. The molecule has 23 nitrogen and oxygen atoms in total. The number of nitrogen functional groups attached to an aromatic ring is 1. The molecule has 57 heavy (non-hydrogen) atoms. The number of nitrogens with one attached hydrogen (secondary N) is 4. The van der Waals surface area contributed by atoms with Gasteiger partial charge in [-0.05, 0) is 25.7 Å². The lowest BCUT2D eigenvalue weighted by Gasteiger charge is -2.19. The number of phosphoric acid groups is 3. The van der Waals surface area contributed by atoms with Gasteiger partial charge in [-0.3, -0.25) is 14.1 Å². The standard InChI is InChI=1S/C30H45N8O15P3S/c31-28-26-18(7-6-12-33-23(40)9-2-1-5-11-32-24(41)10-4-3-8-22-27-19(16-57-22)36-30(42)37-27)14-38(29(26)35-17-34-28)25-13-20(39)21(51-25)15-50-55(46,47)53-56(48,49)52-54(43,44)45/h14,17,19-22,25,27,39H,1-5,8-13,15-16H2,(H,32,41)(H,33,40)(H,46,47)(H,48,49)(H2,31,34,35)(H2,36,37,42)(H2,43,44,45)/t19-,20-,21+,22-,25+,27-/m0/s1. The summed E-state index contributed by atoms with van der Waals surface area (Å²) in [5.41, 5.74) is 6.75. The fourth-order valence-corrected chi connectivity index (χ4v) is 11.1. The zero-order valence-corrected chi connectivity index (χ0v) is 33.8. The molecular weight excluding hydrogens is 837 g/mol. The summed E-state index contributed by atoms with van der Waals surface area (Å²) in [6, 6.07) is 0.260. The number of carbonyl (C=O) groups is 3. The molecule has 27 heteroatoms. The Kier molecular flexibility index (Phi) is 15.6. The van der Waals surface area contributed by atoms with Crippen molar-refractivity contribution in [3.63, 3.8) is 0 Å². The van der Waals surface area contributed by atoms with Crippen molar-refractivity contribution in [2.24, 2.45) is 0 Å². The molecule has 0 aromatic carbocycles. The van der Waals surface area contributed by atoms with Crippen LogP contribution in [0.2, 0.25) is 0 Å². The van der Waals surface area contributed by atoms with E-state index in [-0.39, 0.29) is 60.8 Å². The minimum absolute atomic E-state index is 0.000716. The summed E-state index contributed by atoms with van der Waals surface area (Å²) in [5.74, 6) is 6.57. The number of unbranched alkanes of at least 4 members (excludes halogenated alkanes) is 3. The lowest BCUT2D eigenvalue weighted by molar-refractivity contribution is -0.122. The highest BCUT2D eigenvalue weighted by Crippen LogP contribution is 2.66. The normalized spacial score (nSPS) is 25.1. The van der Waals surface area contributed by atoms with Gasteiger partial charge in [0.1, 0.15) is 30.1 Å². The maximum atomic E-state index is 12.4. The average Bonchev–Trinajstić information content (AvgIpc) is 3.87. The number of nitrogens with zero attached hydrogens (tertiary/aromatic N) is 3. The maximum absolute atomic E-state index is 12.4. The fourth-order valence-electron chi connectivity index (χ4n) is 6.48. The fraction of sp³-hybridized carbons (Fsp3) is 0.633. The highest BCUT2D eigenvalue weighted by molar-refractivity contribution is 8.00. The van der Waals surface area contributed by atoms with Crippen molar-refractivity contribution in [2.75, 3.05) is 31.2 Å². The van der Waals surface area contributed by atoms with Crippen LogP contribution < -0.4 is 27.0 Å². The number of anilines is 1. The van der Waals surface area contributed by atoms with Gasteiger partial charge in [0.05, 0.1) is 42.3 Å². The number of hydrogen-bond acceptors (Lipinski definition) is 15. The van der Waals surface area contributed by atoms with Crippen LogP contribution in [-0.4, -0.2) is 112 Å². The number of hydrogen-bond donors (Lipinski definition) is 10. The second kappa shape index (κ2) is 19.7. The first-order chi connectivity index (χ1) is 26.9. The number of thioether (sulfide) groups is 1. The monoisotopic (exact) mass is 882 g/mol. The van der Waals surface area contributed by atoms with E-state index < -0.39 is 48.5 Å². The molecule has 4 amide bonds. The number of urea groups is 1. The Bertz CT molecular complexity index is 1990. The van der Waals surface area contributed by atoms with Crippen LogP contribution in [0.15, 0.2) is 12.5 Å². The molecular formula is C30H45N8O15P3S. The molecule has 3 aliphatic heterocycles. The molecule has 2 aromatic rings. The Labute approximate surface area is 330 Å². The summed E-state index contributed by atoms with van der Waals surface area (Å²) < 4.78 is 53.8. The summed E-state index contributed by atoms with van der Waals surface area (Å²) in [6.45, 7) is -0.312. The first kappa shape index (κ1) is 45.0. The van der Waals surface area contributed by atoms with E-state index in [1.54, 1.807) is 0 Å². The number of amides is 4. The van der Waals surface area contributed by atoms with Crippen LogP contribution in [0.4, 0.5) is 10.6 Å². The van der Waals surface area contributed by atoms with E-state index in [0.717, 1.165) is 37.9 Å². The highest BCUT2D eigenvalue weighted by Gasteiger charge is 2.44. The minimum atomic E-state index is -5.73. The second-order valence-corrected chi connectivity index (χ2v) is 19.0. The number of aromatic nitrogens is 3. The van der Waals surface area contributed by atoms with Crippen molar-refractivity contribution in [3.8, 4) is 11.8 Å². The predicted molar refractivity (Wildman–Crippen MR) is 202 cm³/mol. The number of carbonyl (C=O) groups excluding carboxylic acids is 3. The van der Waals surface area contributed by atoms with Gasteiger partial charge >= 0.3 is 29.5 Å². The molecule has 0 bridgehead atoms. The molecule has 5 rings (SSSR count). The number of nitrogens with two attached hydrogens (primary N) is 1. The lowest BCUT2D eigenvalue weighted by atomic mass is 10.0. The summed E-state index contributed by atoms with van der Waals surface area (Å²) in [5, 5.41) is 22.9. The van der Waals surface area contributed by atoms with E-state index in [1.165, 1.54) is 17.1 Å². The molecule has 11 N–H and O–H groups in total. The first-order valence-corrected chi connectivity index (χ1v) is 23.4. The summed E-state index contributed by atoms with van der Waals surface area (Å²) >= 11 is 1.86. The molecule has 0 saturated carbocycles. The zero-order valence-electron chi connectivity index (χ0n) is 30.3. The number of ether oxygens (including phenoxy) is 1. The van der Waals surface area contributed by atoms with Gasteiger partial charge in [0, 0.05) is 43.0 Å². The lowest BCUT2D eigenvalue weighted by Crippen LogP contribution is -2.36. The number of aliphatic hydroxyl groups is 1. The molecule has 2 unspecified atom stereocenters. The summed E-state index contributed by atoms with van der Waals surface area (Å²) in [4.78, 5) is 80.8. The van der Waals surface area contributed by atoms with Gasteiger partial charge in [-0.1, -0.05) is 24.7 Å². The summed E-state index contributed by atoms with van der Waals surface area (Å²) in [6.07, 6.45) is 4.60. The quantitative estimate of drug-likeness (QED) is 0.0382. The third-order valence-corrected chi connectivity index (χ3v) is 14.4. The van der Waals surface area contributed by atoms with Gasteiger partial charge in [-0.25, -0.2) is 28.5 Å². The van der Waals surface area contributed by atoms with Gasteiger partial charge in [0.2, 0.25) is 11.8 Å². The Balaban J connectivity index is 0.999. The smallest absolute Gasteiger partial charge is 0.390 e. The molecule has 5 heterocycles. The third kappa shape index (κ3) is 13.4. The SMILES string of the molecule is Nc1ncnc2c1c(C#CCNC(=O)CCCCCNC(=O)CCCC[C@@H]1SC[C@@H]3NC(=O)N[C@@H]31)cn2[C@H]1C[C@H](O)[C@@H](COP(=O)(O)OP(=O)(O)OP(=O)(O)O)O1. The van der Waals surface area contributed by atoms with Crippen LogP contribution >= 0.6 is 35.2 Å². The van der Waals surface area contributed by atoms with Gasteiger partial charge in [0.25, 0.3) is 0 Å². The molecule has 3 aliphatic rings. The number of phosphoric ester groups is 1. The van der Waals surface area contributed by atoms with E-state index in [9.17, 15) is 43.0 Å². The zero-order chi connectivity index (χ0) is 41.4. The van der Waals surface area contributed by atoms with Crippen LogP contribution in [0.1, 0.15) is 69.6 Å². The minimum Gasteiger partial charge on any atom is -0.390 e. The van der Waals surface area contributed by atoms with Crippen molar-refractivity contribution >= 4 is 69.9 Å². The molecule has 0 spiro atoms. The predicted octanol–water partition coefficient (Wildman–Crippen LogP) is 0.875. The number of aliphatic hydroxyl groups excluding tert-OH is 1.